The van der Waals surface area contributed by atoms with Crippen molar-refractivity contribution in [2.45, 2.75) is 34.1 Å². The van der Waals surface area contributed by atoms with E-state index >= 15 is 0 Å². The van der Waals surface area contributed by atoms with E-state index in [9.17, 15) is 4.79 Å². The fourth-order valence-electron chi connectivity index (χ4n) is 2.05. The highest BCUT2D eigenvalue weighted by molar-refractivity contribution is 14.0. The molecule has 0 radical (unpaired) electrons. The fraction of sp³-hybridized carbons (Fsp3) is 0.786. The van der Waals surface area contributed by atoms with Gasteiger partial charge in [-0.1, -0.05) is 25.5 Å². The van der Waals surface area contributed by atoms with Gasteiger partial charge in [0, 0.05) is 38.6 Å². The van der Waals surface area contributed by atoms with Crippen molar-refractivity contribution >= 4 is 29.9 Å². The minimum atomic E-state index is 0. The zero-order valence-corrected chi connectivity index (χ0v) is 14.4. The second kappa shape index (κ2) is 8.91. The van der Waals surface area contributed by atoms with E-state index in [1.807, 2.05) is 18.7 Å². The molecule has 1 rings (SSSR count). The number of hydrogen-bond acceptors (Lipinski definition) is 2. The largest absolute Gasteiger partial charge is 0.341 e. The molecule has 0 unspecified atom stereocenters. The summed E-state index contributed by atoms with van der Waals surface area (Å²) in [7, 11) is 0. The van der Waals surface area contributed by atoms with E-state index in [0.717, 1.165) is 39.1 Å². The fourth-order valence-corrected chi connectivity index (χ4v) is 2.05. The van der Waals surface area contributed by atoms with E-state index in [0.29, 0.717) is 5.91 Å². The molecule has 18 heavy (non-hydrogen) atoms. The summed E-state index contributed by atoms with van der Waals surface area (Å²) in [6.45, 7) is 13.1. The van der Waals surface area contributed by atoms with Crippen LogP contribution in [0.4, 0.5) is 0 Å². The smallest absolute Gasteiger partial charge is 0.225 e. The summed E-state index contributed by atoms with van der Waals surface area (Å²) in [6.07, 6.45) is 3.36. The van der Waals surface area contributed by atoms with E-state index < -0.39 is 0 Å². The first kappa shape index (κ1) is 17.9. The number of amides is 1. The third-order valence-electron chi connectivity index (χ3n) is 3.15. The quantitative estimate of drug-likeness (QED) is 0.567. The Labute approximate surface area is 129 Å². The summed E-state index contributed by atoms with van der Waals surface area (Å²) in [6, 6.07) is 0. The molecule has 4 heteroatoms. The van der Waals surface area contributed by atoms with Crippen LogP contribution < -0.4 is 0 Å². The number of nitrogens with zero attached hydrogens (tertiary/aromatic N) is 2. The van der Waals surface area contributed by atoms with Gasteiger partial charge < -0.3 is 4.90 Å². The molecule has 0 aromatic heterocycles. The molecule has 0 spiro atoms. The lowest BCUT2D eigenvalue weighted by molar-refractivity contribution is -0.134. The van der Waals surface area contributed by atoms with E-state index in [4.69, 9.17) is 0 Å². The summed E-state index contributed by atoms with van der Waals surface area (Å²) in [5.41, 5.74) is 1.37. The van der Waals surface area contributed by atoms with Crippen LogP contribution in [-0.4, -0.2) is 48.4 Å². The van der Waals surface area contributed by atoms with Crippen LogP contribution in [0.15, 0.2) is 11.6 Å². The molecule has 0 bridgehead atoms. The predicted molar refractivity (Wildman–Crippen MR) is 87.3 cm³/mol. The normalized spacial score (nSPS) is 17.1. The van der Waals surface area contributed by atoms with Crippen molar-refractivity contribution in [1.82, 2.24) is 9.80 Å². The highest BCUT2D eigenvalue weighted by Crippen LogP contribution is 2.08. The summed E-state index contributed by atoms with van der Waals surface area (Å²) in [4.78, 5) is 16.4. The number of rotatable bonds is 3. The number of allylic oxidation sites excluding steroid dienone is 1. The molecular formula is C14H27IN2O. The second-order valence-electron chi connectivity index (χ2n) is 5.42. The lowest BCUT2D eigenvalue weighted by atomic mass is 10.2. The molecule has 0 aliphatic carbocycles. The Morgan fingerprint density at radius 1 is 1.17 bits per heavy atom. The van der Waals surface area contributed by atoms with Gasteiger partial charge in [0.15, 0.2) is 0 Å². The maximum atomic E-state index is 11.9. The van der Waals surface area contributed by atoms with Crippen LogP contribution in [0.5, 0.6) is 0 Å². The van der Waals surface area contributed by atoms with Crippen molar-refractivity contribution in [3.63, 3.8) is 0 Å². The minimum absolute atomic E-state index is 0. The molecule has 1 amide bonds. The Hall–Kier alpha value is -0.100. The Kier molecular flexibility index (Phi) is 8.86. The molecule has 3 nitrogen and oxygen atoms in total. The Balaban J connectivity index is 0.00000289. The third kappa shape index (κ3) is 6.18. The molecule has 0 aromatic rings. The van der Waals surface area contributed by atoms with Crippen LogP contribution in [-0.2, 0) is 4.79 Å². The van der Waals surface area contributed by atoms with Crippen LogP contribution in [0.1, 0.15) is 34.1 Å². The molecule has 106 valence electrons. The first-order chi connectivity index (χ1) is 8.00. The third-order valence-corrected chi connectivity index (χ3v) is 3.15. The Bertz CT molecular complexity index is 286. The van der Waals surface area contributed by atoms with Crippen LogP contribution >= 0.6 is 24.0 Å². The van der Waals surface area contributed by atoms with Gasteiger partial charge in [-0.15, -0.1) is 24.0 Å². The maximum Gasteiger partial charge on any atom is 0.225 e. The van der Waals surface area contributed by atoms with Gasteiger partial charge in [0.2, 0.25) is 5.91 Å². The molecule has 1 heterocycles. The first-order valence-corrected chi connectivity index (χ1v) is 6.65. The van der Waals surface area contributed by atoms with Gasteiger partial charge in [0.25, 0.3) is 0 Å². The lowest BCUT2D eigenvalue weighted by Gasteiger charge is -2.23. The predicted octanol–water partition coefficient (Wildman–Crippen LogP) is 2.76. The molecular weight excluding hydrogens is 339 g/mol. The highest BCUT2D eigenvalue weighted by atomic mass is 127. The van der Waals surface area contributed by atoms with E-state index in [1.165, 1.54) is 5.57 Å². The van der Waals surface area contributed by atoms with Crippen molar-refractivity contribution in [2.24, 2.45) is 5.92 Å². The Morgan fingerprint density at radius 2 is 1.83 bits per heavy atom. The van der Waals surface area contributed by atoms with E-state index in [1.54, 1.807) is 0 Å². The monoisotopic (exact) mass is 366 g/mol. The molecule has 1 saturated heterocycles. The van der Waals surface area contributed by atoms with Crippen LogP contribution in [0.3, 0.4) is 0 Å². The number of halogens is 1. The Morgan fingerprint density at radius 3 is 2.39 bits per heavy atom. The average Bonchev–Trinajstić information content (AvgIpc) is 2.50. The van der Waals surface area contributed by atoms with Gasteiger partial charge >= 0.3 is 0 Å². The van der Waals surface area contributed by atoms with Gasteiger partial charge in [0.1, 0.15) is 0 Å². The van der Waals surface area contributed by atoms with Crippen molar-refractivity contribution in [1.29, 1.82) is 0 Å². The maximum absolute atomic E-state index is 11.9. The number of carbonyl (C=O) groups is 1. The minimum Gasteiger partial charge on any atom is -0.341 e. The van der Waals surface area contributed by atoms with E-state index in [2.05, 4.69) is 24.8 Å². The zero-order valence-electron chi connectivity index (χ0n) is 12.1. The number of carbonyl (C=O) groups excluding carboxylic acids is 1. The van der Waals surface area contributed by atoms with Gasteiger partial charge in [-0.05, 0) is 20.3 Å². The molecule has 0 aromatic carbocycles. The topological polar surface area (TPSA) is 23.6 Å². The average molecular weight is 366 g/mol. The molecule has 1 aliphatic heterocycles. The first-order valence-electron chi connectivity index (χ1n) is 6.65. The van der Waals surface area contributed by atoms with Gasteiger partial charge in [-0.3, -0.25) is 9.69 Å². The van der Waals surface area contributed by atoms with Crippen molar-refractivity contribution in [3.8, 4) is 0 Å². The van der Waals surface area contributed by atoms with Gasteiger partial charge in [0.05, 0.1) is 0 Å². The van der Waals surface area contributed by atoms with E-state index in [-0.39, 0.29) is 29.9 Å². The standard InChI is InChI=1S/C14H26N2O.HI/c1-12(2)6-9-15-7-5-8-16(11-10-15)14(17)13(3)4;/h6,13H,5,7-11H2,1-4H3;1H. The van der Waals surface area contributed by atoms with Crippen LogP contribution in [0, 0.1) is 5.92 Å². The zero-order chi connectivity index (χ0) is 12.8. The summed E-state index contributed by atoms with van der Waals surface area (Å²) in [5.74, 6) is 0.424. The molecule has 1 fully saturated rings. The van der Waals surface area contributed by atoms with Crippen LogP contribution in [0.2, 0.25) is 0 Å². The van der Waals surface area contributed by atoms with Crippen LogP contribution in [0.25, 0.3) is 0 Å². The molecule has 0 atom stereocenters. The van der Waals surface area contributed by atoms with Crippen molar-refractivity contribution in [2.75, 3.05) is 32.7 Å². The molecule has 0 saturated carbocycles. The lowest BCUT2D eigenvalue weighted by Crippen LogP contribution is -2.37. The summed E-state index contributed by atoms with van der Waals surface area (Å²) >= 11 is 0. The molecule has 0 N–H and O–H groups in total. The number of hydrogen-bond donors (Lipinski definition) is 0. The van der Waals surface area contributed by atoms with Crippen molar-refractivity contribution in [3.05, 3.63) is 11.6 Å². The van der Waals surface area contributed by atoms with Gasteiger partial charge in [-0.2, -0.15) is 0 Å². The van der Waals surface area contributed by atoms with Crippen molar-refractivity contribution < 1.29 is 4.79 Å². The second-order valence-corrected chi connectivity index (χ2v) is 5.42. The molecule has 1 aliphatic rings. The summed E-state index contributed by atoms with van der Waals surface area (Å²) < 4.78 is 0. The summed E-state index contributed by atoms with van der Waals surface area (Å²) in [5, 5.41) is 0. The van der Waals surface area contributed by atoms with Gasteiger partial charge in [-0.25, -0.2) is 0 Å². The highest BCUT2D eigenvalue weighted by Gasteiger charge is 2.20. The SMILES string of the molecule is CC(C)=CCN1CCCN(C(=O)C(C)C)CC1.I.